The van der Waals surface area contributed by atoms with Gasteiger partial charge in [-0.1, -0.05) is 22.0 Å². The molecule has 0 aromatic heterocycles. The summed E-state index contributed by atoms with van der Waals surface area (Å²) in [6.07, 6.45) is 3.05. The van der Waals surface area contributed by atoms with Crippen LogP contribution < -0.4 is 14.2 Å². The van der Waals surface area contributed by atoms with Crippen molar-refractivity contribution in [3.63, 3.8) is 0 Å². The van der Waals surface area contributed by atoms with E-state index in [2.05, 4.69) is 15.9 Å². The Labute approximate surface area is 147 Å². The maximum Gasteiger partial charge on any atom is 0.331 e. The lowest BCUT2D eigenvalue weighted by atomic mass is 10.2. The monoisotopic (exact) mass is 390 g/mol. The van der Waals surface area contributed by atoms with E-state index in [1.165, 1.54) is 6.08 Å². The van der Waals surface area contributed by atoms with Crippen LogP contribution in [0.4, 0.5) is 0 Å². The number of carbonyl (C=O) groups excluding carboxylic acids is 1. The molecule has 1 heterocycles. The van der Waals surface area contributed by atoms with Crippen molar-refractivity contribution < 1.29 is 23.7 Å². The molecule has 0 bridgehead atoms. The molecule has 0 fully saturated rings. The van der Waals surface area contributed by atoms with E-state index in [0.717, 1.165) is 15.6 Å². The van der Waals surface area contributed by atoms with E-state index in [-0.39, 0.29) is 13.4 Å². The first-order chi connectivity index (χ1) is 11.7. The number of hydrogen-bond donors (Lipinski definition) is 0. The molecule has 0 radical (unpaired) electrons. The molecule has 2 aromatic rings. The molecule has 3 rings (SSSR count). The second kappa shape index (κ2) is 7.40. The van der Waals surface area contributed by atoms with Crippen LogP contribution in [0.15, 0.2) is 46.9 Å². The van der Waals surface area contributed by atoms with Gasteiger partial charge in [0, 0.05) is 16.1 Å². The van der Waals surface area contributed by atoms with Gasteiger partial charge in [0.25, 0.3) is 0 Å². The van der Waals surface area contributed by atoms with Crippen LogP contribution in [0.25, 0.3) is 6.08 Å². The summed E-state index contributed by atoms with van der Waals surface area (Å²) in [7, 11) is 1.58. The SMILES string of the molecule is COc1ccc(Br)cc1COC(=O)/C=C/c1ccc2c(c1)OCO2. The number of esters is 1. The number of fused-ring (bicyclic) bond motifs is 1. The Morgan fingerprint density at radius 3 is 2.88 bits per heavy atom. The lowest BCUT2D eigenvalue weighted by Crippen LogP contribution is -2.02. The highest BCUT2D eigenvalue weighted by Crippen LogP contribution is 2.32. The Balaban J connectivity index is 1.61. The quantitative estimate of drug-likeness (QED) is 0.571. The molecule has 2 aromatic carbocycles. The van der Waals surface area contributed by atoms with Gasteiger partial charge in [0.2, 0.25) is 6.79 Å². The van der Waals surface area contributed by atoms with Crippen molar-refractivity contribution in [2.75, 3.05) is 13.9 Å². The fraction of sp³-hybridized carbons (Fsp3) is 0.167. The lowest BCUT2D eigenvalue weighted by molar-refractivity contribution is -0.138. The summed E-state index contributed by atoms with van der Waals surface area (Å²) in [5.74, 6) is 1.61. The third-order valence-electron chi connectivity index (χ3n) is 3.42. The number of hydrogen-bond acceptors (Lipinski definition) is 5. The fourth-order valence-electron chi connectivity index (χ4n) is 2.24. The molecule has 0 spiro atoms. The highest BCUT2D eigenvalue weighted by Gasteiger charge is 2.12. The standard InChI is InChI=1S/C18H15BrO5/c1-21-15-6-4-14(19)9-13(15)10-22-18(20)7-3-12-2-5-16-17(8-12)24-11-23-16/h2-9H,10-11H2,1H3/b7-3+. The molecule has 5 nitrogen and oxygen atoms in total. The number of rotatable bonds is 5. The van der Waals surface area contributed by atoms with Gasteiger partial charge in [-0.3, -0.25) is 0 Å². The third kappa shape index (κ3) is 3.89. The summed E-state index contributed by atoms with van der Waals surface area (Å²) in [5.41, 5.74) is 1.62. The third-order valence-corrected chi connectivity index (χ3v) is 3.91. The van der Waals surface area contributed by atoms with Gasteiger partial charge in [-0.15, -0.1) is 0 Å². The van der Waals surface area contributed by atoms with E-state index >= 15 is 0 Å². The van der Waals surface area contributed by atoms with Crippen LogP contribution in [0.3, 0.4) is 0 Å². The van der Waals surface area contributed by atoms with Crippen LogP contribution >= 0.6 is 15.9 Å². The molecular formula is C18H15BrO5. The van der Waals surface area contributed by atoms with E-state index in [1.807, 2.05) is 30.3 Å². The maximum absolute atomic E-state index is 11.9. The zero-order valence-corrected chi connectivity index (χ0v) is 14.5. The molecule has 0 atom stereocenters. The minimum atomic E-state index is -0.435. The molecule has 0 unspecified atom stereocenters. The van der Waals surface area contributed by atoms with Crippen LogP contribution in [0.2, 0.25) is 0 Å². The Bertz CT molecular complexity index is 785. The summed E-state index contributed by atoms with van der Waals surface area (Å²) in [5, 5.41) is 0. The molecule has 0 aliphatic carbocycles. The molecule has 24 heavy (non-hydrogen) atoms. The van der Waals surface area contributed by atoms with Crippen molar-refractivity contribution in [2.45, 2.75) is 6.61 Å². The average molecular weight is 391 g/mol. The first-order valence-corrected chi connectivity index (χ1v) is 8.02. The van der Waals surface area contributed by atoms with Gasteiger partial charge < -0.3 is 18.9 Å². The number of carbonyl (C=O) groups is 1. The fourth-order valence-corrected chi connectivity index (χ4v) is 2.65. The molecule has 0 saturated carbocycles. The summed E-state index contributed by atoms with van der Waals surface area (Å²) < 4.78 is 21.9. The number of ether oxygens (including phenoxy) is 4. The second-order valence-electron chi connectivity index (χ2n) is 5.01. The van der Waals surface area contributed by atoms with Gasteiger partial charge >= 0.3 is 5.97 Å². The minimum absolute atomic E-state index is 0.132. The smallest absolute Gasteiger partial charge is 0.331 e. The van der Waals surface area contributed by atoms with Crippen molar-refractivity contribution in [3.8, 4) is 17.2 Å². The summed E-state index contributed by atoms with van der Waals surface area (Å²) in [6, 6.07) is 11.0. The van der Waals surface area contributed by atoms with Gasteiger partial charge in [0.05, 0.1) is 7.11 Å². The van der Waals surface area contributed by atoms with Gasteiger partial charge in [0.1, 0.15) is 12.4 Å². The highest BCUT2D eigenvalue weighted by molar-refractivity contribution is 9.10. The van der Waals surface area contributed by atoms with Crippen molar-refractivity contribution in [3.05, 3.63) is 58.1 Å². The van der Waals surface area contributed by atoms with Crippen LogP contribution in [0.1, 0.15) is 11.1 Å². The van der Waals surface area contributed by atoms with Crippen LogP contribution in [0.5, 0.6) is 17.2 Å². The minimum Gasteiger partial charge on any atom is -0.496 e. The average Bonchev–Trinajstić information content (AvgIpc) is 3.06. The number of benzene rings is 2. The molecule has 0 N–H and O–H groups in total. The number of methoxy groups -OCH3 is 1. The molecule has 6 heteroatoms. The Morgan fingerprint density at radius 2 is 2.04 bits per heavy atom. The van der Waals surface area contributed by atoms with Crippen LogP contribution in [-0.4, -0.2) is 19.9 Å². The van der Waals surface area contributed by atoms with Crippen LogP contribution in [-0.2, 0) is 16.1 Å². The first-order valence-electron chi connectivity index (χ1n) is 7.22. The van der Waals surface area contributed by atoms with Gasteiger partial charge in [0.15, 0.2) is 11.5 Å². The van der Waals surface area contributed by atoms with Crippen molar-refractivity contribution in [1.82, 2.24) is 0 Å². The first kappa shape index (κ1) is 16.4. The molecule has 1 aliphatic rings. The van der Waals surface area contributed by atoms with Crippen molar-refractivity contribution in [1.29, 1.82) is 0 Å². The van der Waals surface area contributed by atoms with Gasteiger partial charge in [-0.2, -0.15) is 0 Å². The van der Waals surface area contributed by atoms with Crippen molar-refractivity contribution in [2.24, 2.45) is 0 Å². The van der Waals surface area contributed by atoms with E-state index in [1.54, 1.807) is 19.3 Å². The normalized spacial score (nSPS) is 12.4. The van der Waals surface area contributed by atoms with E-state index in [0.29, 0.717) is 17.2 Å². The molecule has 0 amide bonds. The van der Waals surface area contributed by atoms with Crippen LogP contribution in [0, 0.1) is 0 Å². The van der Waals surface area contributed by atoms with E-state index in [4.69, 9.17) is 18.9 Å². The summed E-state index contributed by atoms with van der Waals surface area (Å²) >= 11 is 3.39. The number of halogens is 1. The summed E-state index contributed by atoms with van der Waals surface area (Å²) in [4.78, 5) is 11.9. The predicted octanol–water partition coefficient (Wildman–Crippen LogP) is 3.94. The Kier molecular flexibility index (Phi) is 5.05. The van der Waals surface area contributed by atoms with E-state index in [9.17, 15) is 4.79 Å². The highest BCUT2D eigenvalue weighted by atomic mass is 79.9. The largest absolute Gasteiger partial charge is 0.496 e. The molecule has 1 aliphatic heterocycles. The molecule has 0 saturated heterocycles. The lowest BCUT2D eigenvalue weighted by Gasteiger charge is -2.08. The zero-order chi connectivity index (χ0) is 16.9. The second-order valence-corrected chi connectivity index (χ2v) is 5.93. The predicted molar refractivity (Wildman–Crippen MR) is 92.1 cm³/mol. The Morgan fingerprint density at radius 1 is 1.21 bits per heavy atom. The van der Waals surface area contributed by atoms with Crippen molar-refractivity contribution >= 4 is 28.0 Å². The van der Waals surface area contributed by atoms with Gasteiger partial charge in [-0.25, -0.2) is 4.79 Å². The van der Waals surface area contributed by atoms with Gasteiger partial charge in [-0.05, 0) is 42.0 Å². The Hall–Kier alpha value is -2.47. The topological polar surface area (TPSA) is 54.0 Å². The zero-order valence-electron chi connectivity index (χ0n) is 13.0. The van der Waals surface area contributed by atoms with E-state index < -0.39 is 5.97 Å². The molecule has 124 valence electrons. The molecular weight excluding hydrogens is 376 g/mol. The summed E-state index contributed by atoms with van der Waals surface area (Å²) in [6.45, 7) is 0.353. The maximum atomic E-state index is 11.9.